The fraction of sp³-hybridized carbons (Fsp3) is 0.353. The molecular formula is C17H19NO3. The summed E-state index contributed by atoms with van der Waals surface area (Å²) in [5.74, 6) is 2.13. The van der Waals surface area contributed by atoms with Crippen LogP contribution in [0.4, 0.5) is 0 Å². The number of pyridine rings is 1. The van der Waals surface area contributed by atoms with Crippen molar-refractivity contribution in [3.63, 3.8) is 0 Å². The van der Waals surface area contributed by atoms with Crippen LogP contribution in [0.3, 0.4) is 0 Å². The third-order valence-electron chi connectivity index (χ3n) is 3.47. The number of nitrogens with zero attached hydrogens (tertiary/aromatic N) is 1. The van der Waals surface area contributed by atoms with Gasteiger partial charge in [-0.2, -0.15) is 0 Å². The lowest BCUT2D eigenvalue weighted by atomic mass is 10.0. The predicted molar refractivity (Wildman–Crippen MR) is 79.8 cm³/mol. The molecule has 2 aromatic rings. The van der Waals surface area contributed by atoms with Crippen molar-refractivity contribution in [2.24, 2.45) is 0 Å². The van der Waals surface area contributed by atoms with Crippen molar-refractivity contribution in [1.29, 1.82) is 0 Å². The van der Waals surface area contributed by atoms with Crippen LogP contribution < -0.4 is 9.47 Å². The SMILES string of the molecule is CC(O)c1ccc(Oc2cccc3c2OC(C)(C)C3)cn1. The van der Waals surface area contributed by atoms with Gasteiger partial charge in [0, 0.05) is 12.0 Å². The van der Waals surface area contributed by atoms with E-state index in [0.29, 0.717) is 17.2 Å². The lowest BCUT2D eigenvalue weighted by Crippen LogP contribution is -2.24. The summed E-state index contributed by atoms with van der Waals surface area (Å²) in [4.78, 5) is 4.18. The summed E-state index contributed by atoms with van der Waals surface area (Å²) in [7, 11) is 0. The minimum atomic E-state index is -0.579. The fourth-order valence-electron chi connectivity index (χ4n) is 2.49. The van der Waals surface area contributed by atoms with Gasteiger partial charge >= 0.3 is 0 Å². The van der Waals surface area contributed by atoms with Gasteiger partial charge in [-0.25, -0.2) is 0 Å². The monoisotopic (exact) mass is 285 g/mol. The summed E-state index contributed by atoms with van der Waals surface area (Å²) in [6.45, 7) is 5.81. The number of aliphatic hydroxyl groups excluding tert-OH is 1. The molecule has 0 radical (unpaired) electrons. The Morgan fingerprint density at radius 2 is 2.10 bits per heavy atom. The molecule has 2 heterocycles. The lowest BCUT2D eigenvalue weighted by Gasteiger charge is -2.18. The highest BCUT2D eigenvalue weighted by Crippen LogP contribution is 2.43. The highest BCUT2D eigenvalue weighted by molar-refractivity contribution is 5.51. The van der Waals surface area contributed by atoms with E-state index in [4.69, 9.17) is 9.47 Å². The molecule has 1 N–H and O–H groups in total. The average molecular weight is 285 g/mol. The molecule has 0 saturated carbocycles. The molecule has 0 aliphatic carbocycles. The molecule has 1 aromatic heterocycles. The molecule has 1 aliphatic rings. The highest BCUT2D eigenvalue weighted by atomic mass is 16.5. The number of fused-ring (bicyclic) bond motifs is 1. The van der Waals surface area contributed by atoms with Crippen molar-refractivity contribution in [3.05, 3.63) is 47.8 Å². The van der Waals surface area contributed by atoms with Crippen molar-refractivity contribution in [2.45, 2.75) is 38.9 Å². The molecule has 1 aromatic carbocycles. The Hall–Kier alpha value is -2.07. The first kappa shape index (κ1) is 13.9. The molecule has 0 bridgehead atoms. The molecule has 0 saturated heterocycles. The van der Waals surface area contributed by atoms with Gasteiger partial charge in [0.1, 0.15) is 11.4 Å². The molecular weight excluding hydrogens is 266 g/mol. The first-order valence-corrected chi connectivity index (χ1v) is 7.07. The van der Waals surface area contributed by atoms with E-state index in [2.05, 4.69) is 24.9 Å². The Labute approximate surface area is 124 Å². The number of hydrogen-bond donors (Lipinski definition) is 1. The second-order valence-corrected chi connectivity index (χ2v) is 5.98. The van der Waals surface area contributed by atoms with Crippen molar-refractivity contribution in [2.75, 3.05) is 0 Å². The summed E-state index contributed by atoms with van der Waals surface area (Å²) >= 11 is 0. The normalized spacial score (nSPS) is 17.0. The summed E-state index contributed by atoms with van der Waals surface area (Å²) in [5.41, 5.74) is 1.58. The molecule has 21 heavy (non-hydrogen) atoms. The van der Waals surface area contributed by atoms with Crippen molar-refractivity contribution < 1.29 is 14.6 Å². The van der Waals surface area contributed by atoms with E-state index in [1.807, 2.05) is 12.1 Å². The Balaban J connectivity index is 1.85. The van der Waals surface area contributed by atoms with E-state index in [-0.39, 0.29) is 5.60 Å². The van der Waals surface area contributed by atoms with E-state index >= 15 is 0 Å². The maximum Gasteiger partial charge on any atom is 0.169 e. The Morgan fingerprint density at radius 3 is 2.76 bits per heavy atom. The van der Waals surface area contributed by atoms with Crippen molar-refractivity contribution in [3.8, 4) is 17.2 Å². The van der Waals surface area contributed by atoms with Crippen LogP contribution in [0.5, 0.6) is 17.2 Å². The number of aliphatic hydroxyl groups is 1. The second kappa shape index (κ2) is 5.04. The van der Waals surface area contributed by atoms with Crippen LogP contribution in [0.1, 0.15) is 38.1 Å². The second-order valence-electron chi connectivity index (χ2n) is 5.98. The zero-order chi connectivity index (χ0) is 15.0. The van der Waals surface area contributed by atoms with Gasteiger partial charge in [-0.15, -0.1) is 0 Å². The van der Waals surface area contributed by atoms with Crippen LogP contribution in [-0.4, -0.2) is 15.7 Å². The van der Waals surface area contributed by atoms with Gasteiger partial charge in [-0.3, -0.25) is 4.98 Å². The van der Waals surface area contributed by atoms with Gasteiger partial charge in [-0.1, -0.05) is 12.1 Å². The minimum absolute atomic E-state index is 0.198. The standard InChI is InChI=1S/C17H19NO3/c1-11(19)14-8-7-13(10-18-14)20-15-6-4-5-12-9-17(2,3)21-16(12)15/h4-8,10-11,19H,9H2,1-3H3. The maximum atomic E-state index is 9.47. The third-order valence-corrected chi connectivity index (χ3v) is 3.47. The number of rotatable bonds is 3. The van der Waals surface area contributed by atoms with Crippen LogP contribution >= 0.6 is 0 Å². The smallest absolute Gasteiger partial charge is 0.169 e. The number of benzene rings is 1. The van der Waals surface area contributed by atoms with Crippen LogP contribution in [0.2, 0.25) is 0 Å². The Bertz CT molecular complexity index is 648. The molecule has 0 spiro atoms. The van der Waals surface area contributed by atoms with Crippen LogP contribution in [-0.2, 0) is 6.42 Å². The van der Waals surface area contributed by atoms with E-state index in [9.17, 15) is 5.11 Å². The van der Waals surface area contributed by atoms with Gasteiger partial charge in [0.2, 0.25) is 0 Å². The van der Waals surface area contributed by atoms with Gasteiger partial charge in [0.05, 0.1) is 18.0 Å². The topological polar surface area (TPSA) is 51.6 Å². The summed E-state index contributed by atoms with van der Waals surface area (Å²) in [6, 6.07) is 9.48. The average Bonchev–Trinajstić information content (AvgIpc) is 2.74. The molecule has 4 nitrogen and oxygen atoms in total. The quantitative estimate of drug-likeness (QED) is 0.935. The molecule has 1 aliphatic heterocycles. The maximum absolute atomic E-state index is 9.47. The van der Waals surface area contributed by atoms with Gasteiger partial charge in [0.25, 0.3) is 0 Å². The summed E-state index contributed by atoms with van der Waals surface area (Å²) in [5, 5.41) is 9.47. The molecule has 110 valence electrons. The number of ether oxygens (including phenoxy) is 2. The predicted octanol–water partition coefficient (Wildman–Crippen LogP) is 3.64. The number of para-hydroxylation sites is 1. The van der Waals surface area contributed by atoms with Crippen LogP contribution in [0.15, 0.2) is 36.5 Å². The van der Waals surface area contributed by atoms with Crippen LogP contribution in [0.25, 0.3) is 0 Å². The highest BCUT2D eigenvalue weighted by Gasteiger charge is 2.32. The third kappa shape index (κ3) is 2.85. The molecule has 0 amide bonds. The summed E-state index contributed by atoms with van der Waals surface area (Å²) in [6.07, 6.45) is 1.91. The summed E-state index contributed by atoms with van der Waals surface area (Å²) < 4.78 is 11.9. The van der Waals surface area contributed by atoms with Crippen molar-refractivity contribution >= 4 is 0 Å². The van der Waals surface area contributed by atoms with E-state index in [1.165, 1.54) is 0 Å². The number of aromatic nitrogens is 1. The van der Waals surface area contributed by atoms with E-state index < -0.39 is 6.10 Å². The molecule has 0 fully saturated rings. The lowest BCUT2D eigenvalue weighted by molar-refractivity contribution is 0.135. The first-order valence-electron chi connectivity index (χ1n) is 7.07. The molecule has 1 unspecified atom stereocenters. The molecule has 1 atom stereocenters. The minimum Gasteiger partial charge on any atom is -0.483 e. The fourth-order valence-corrected chi connectivity index (χ4v) is 2.49. The molecule has 3 rings (SSSR count). The van der Waals surface area contributed by atoms with Gasteiger partial charge < -0.3 is 14.6 Å². The van der Waals surface area contributed by atoms with Crippen LogP contribution in [0, 0.1) is 0 Å². The zero-order valence-electron chi connectivity index (χ0n) is 12.5. The van der Waals surface area contributed by atoms with Gasteiger partial charge in [0.15, 0.2) is 11.5 Å². The van der Waals surface area contributed by atoms with Crippen molar-refractivity contribution in [1.82, 2.24) is 4.98 Å². The number of hydrogen-bond acceptors (Lipinski definition) is 4. The molecule has 4 heteroatoms. The van der Waals surface area contributed by atoms with E-state index in [0.717, 1.165) is 17.7 Å². The largest absolute Gasteiger partial charge is 0.483 e. The Kier molecular flexibility index (Phi) is 3.33. The first-order chi connectivity index (χ1) is 9.94. The Morgan fingerprint density at radius 1 is 1.29 bits per heavy atom. The van der Waals surface area contributed by atoms with Gasteiger partial charge in [-0.05, 0) is 39.0 Å². The van der Waals surface area contributed by atoms with E-state index in [1.54, 1.807) is 25.3 Å². The zero-order valence-corrected chi connectivity index (χ0v) is 12.5.